The Kier molecular flexibility index (Phi) is 7.72. The van der Waals surface area contributed by atoms with Crippen molar-refractivity contribution in [1.29, 1.82) is 0 Å². The fourth-order valence-electron chi connectivity index (χ4n) is 4.88. The molecule has 3 N–H and O–H groups in total. The summed E-state index contributed by atoms with van der Waals surface area (Å²) in [5, 5.41) is 19.9. The zero-order valence-electron chi connectivity index (χ0n) is 23.7. The predicted molar refractivity (Wildman–Crippen MR) is 157 cm³/mol. The first kappa shape index (κ1) is 30.0. The van der Waals surface area contributed by atoms with Gasteiger partial charge in [0, 0.05) is 24.4 Å². The maximum atomic E-state index is 13.3. The molecule has 2 amide bonds. The zero-order chi connectivity index (χ0) is 31.8. The van der Waals surface area contributed by atoms with Crippen LogP contribution in [0.3, 0.4) is 0 Å². The van der Waals surface area contributed by atoms with Gasteiger partial charge in [-0.25, -0.2) is 0 Å². The van der Waals surface area contributed by atoms with E-state index in [1.165, 1.54) is 25.3 Å². The van der Waals surface area contributed by atoms with E-state index in [0.717, 1.165) is 6.20 Å². The Balaban J connectivity index is 1.39. The van der Waals surface area contributed by atoms with Crippen molar-refractivity contribution in [3.8, 4) is 16.9 Å². The van der Waals surface area contributed by atoms with Crippen LogP contribution in [0.1, 0.15) is 41.0 Å². The number of anilines is 3. The summed E-state index contributed by atoms with van der Waals surface area (Å²) in [7, 11) is 1.34. The van der Waals surface area contributed by atoms with Crippen LogP contribution in [-0.4, -0.2) is 28.8 Å². The number of aromatic nitrogens is 1. The zero-order valence-corrected chi connectivity index (χ0v) is 23.7. The van der Waals surface area contributed by atoms with Gasteiger partial charge in [0.2, 0.25) is 5.91 Å². The fourth-order valence-corrected chi connectivity index (χ4v) is 4.88. The first-order valence-corrected chi connectivity index (χ1v) is 13.3. The second-order valence-electron chi connectivity index (χ2n) is 10.6. The van der Waals surface area contributed by atoms with Crippen molar-refractivity contribution >= 4 is 34.6 Å². The van der Waals surface area contributed by atoms with Gasteiger partial charge in [0.25, 0.3) is 5.91 Å². The third-order valence-corrected chi connectivity index (χ3v) is 7.40. The Hall–Kier alpha value is -5.46. The summed E-state index contributed by atoms with van der Waals surface area (Å²) in [6.45, 7) is 2.89. The van der Waals surface area contributed by atoms with E-state index in [9.17, 15) is 32.9 Å². The minimum Gasteiger partial charge on any atom is -0.490 e. The molecule has 0 radical (unpaired) electrons. The third kappa shape index (κ3) is 5.76. The lowest BCUT2D eigenvalue weighted by Gasteiger charge is -2.26. The standard InChI is InChI=1S/C31H26F3N5O5/c1-30(2,29(41)36-16-19-5-4-12-35-27(19)31(32,33)34)20-8-10-22-24(15-20)38-28(40)21-9-6-17(13-23(21)37-22)18-7-11-25(39(42)43)26(14-18)44-3/h4-15,37H,16H2,1-3H3,(H,36,41)(H,38,40). The molecule has 5 rings (SSSR count). The molecule has 1 aromatic heterocycles. The minimum atomic E-state index is -4.66. The van der Waals surface area contributed by atoms with E-state index < -0.39 is 34.0 Å². The van der Waals surface area contributed by atoms with Gasteiger partial charge in [-0.05, 0) is 73.0 Å². The smallest absolute Gasteiger partial charge is 0.433 e. The molecule has 1 aliphatic rings. The number of carbonyl (C=O) groups is 2. The van der Waals surface area contributed by atoms with Gasteiger partial charge in [0.1, 0.15) is 5.69 Å². The Morgan fingerprint density at radius 1 is 0.977 bits per heavy atom. The van der Waals surface area contributed by atoms with Crippen LogP contribution in [0.25, 0.3) is 11.1 Å². The number of methoxy groups -OCH3 is 1. The van der Waals surface area contributed by atoms with Crippen LogP contribution in [0.15, 0.2) is 72.9 Å². The molecule has 2 heterocycles. The lowest BCUT2D eigenvalue weighted by atomic mass is 9.83. The molecule has 3 aromatic carbocycles. The number of hydrogen-bond donors (Lipinski definition) is 3. The molecule has 1 aliphatic heterocycles. The van der Waals surface area contributed by atoms with Crippen molar-refractivity contribution in [2.24, 2.45) is 0 Å². The first-order chi connectivity index (χ1) is 20.8. The summed E-state index contributed by atoms with van der Waals surface area (Å²) in [5.74, 6) is -0.831. The number of pyridine rings is 1. The number of ether oxygens (including phenoxy) is 1. The number of hydrogen-bond acceptors (Lipinski definition) is 7. The van der Waals surface area contributed by atoms with E-state index in [1.54, 1.807) is 62.4 Å². The van der Waals surface area contributed by atoms with Crippen LogP contribution >= 0.6 is 0 Å². The van der Waals surface area contributed by atoms with Crippen LogP contribution in [0.5, 0.6) is 5.75 Å². The number of nitrogens with one attached hydrogen (secondary N) is 3. The van der Waals surface area contributed by atoms with Crippen molar-refractivity contribution in [3.63, 3.8) is 0 Å². The summed E-state index contributed by atoms with van der Waals surface area (Å²) in [6, 6.07) is 17.2. The highest BCUT2D eigenvalue weighted by Crippen LogP contribution is 2.39. The summed E-state index contributed by atoms with van der Waals surface area (Å²) < 4.78 is 45.2. The van der Waals surface area contributed by atoms with Crippen LogP contribution in [0, 0.1) is 10.1 Å². The molecule has 0 bridgehead atoms. The Morgan fingerprint density at radius 2 is 1.70 bits per heavy atom. The van der Waals surface area contributed by atoms with Crippen LogP contribution < -0.4 is 20.7 Å². The molecule has 13 heteroatoms. The van der Waals surface area contributed by atoms with Gasteiger partial charge in [-0.1, -0.05) is 18.2 Å². The molecular formula is C31H26F3N5O5. The van der Waals surface area contributed by atoms with Gasteiger partial charge < -0.3 is 20.7 Å². The highest BCUT2D eigenvalue weighted by molar-refractivity contribution is 6.12. The first-order valence-electron chi connectivity index (χ1n) is 13.3. The normalized spacial score (nSPS) is 12.6. The van der Waals surface area contributed by atoms with Crippen molar-refractivity contribution in [2.45, 2.75) is 32.0 Å². The maximum absolute atomic E-state index is 13.3. The van der Waals surface area contributed by atoms with Gasteiger partial charge in [-0.3, -0.25) is 24.7 Å². The SMILES string of the molecule is COc1cc(-c2ccc3c(c2)Nc2ccc(C(C)(C)C(=O)NCc4cccnc4C(F)(F)F)cc2NC3=O)ccc1[N+](=O)[O-]. The van der Waals surface area contributed by atoms with Crippen molar-refractivity contribution in [1.82, 2.24) is 10.3 Å². The van der Waals surface area contributed by atoms with Crippen molar-refractivity contribution in [2.75, 3.05) is 17.7 Å². The quantitative estimate of drug-likeness (QED) is 0.160. The number of benzene rings is 3. The fraction of sp³-hybridized carbons (Fsp3) is 0.194. The van der Waals surface area contributed by atoms with E-state index in [4.69, 9.17) is 4.74 Å². The van der Waals surface area contributed by atoms with E-state index in [1.807, 2.05) is 0 Å². The Bertz CT molecular complexity index is 1810. The summed E-state index contributed by atoms with van der Waals surface area (Å²) in [5.41, 5.74) is 1.02. The number of rotatable bonds is 7. The molecule has 4 aromatic rings. The number of alkyl halides is 3. The molecule has 0 atom stereocenters. The highest BCUT2D eigenvalue weighted by atomic mass is 19.4. The highest BCUT2D eigenvalue weighted by Gasteiger charge is 2.36. The maximum Gasteiger partial charge on any atom is 0.433 e. The molecule has 0 saturated heterocycles. The molecule has 0 saturated carbocycles. The van der Waals surface area contributed by atoms with E-state index >= 15 is 0 Å². The molecule has 44 heavy (non-hydrogen) atoms. The molecule has 0 spiro atoms. The molecule has 0 fully saturated rings. The topological polar surface area (TPSA) is 135 Å². The van der Waals surface area contributed by atoms with Gasteiger partial charge in [0.05, 0.1) is 40.1 Å². The molecule has 0 unspecified atom stereocenters. The number of carbonyl (C=O) groups excluding carboxylic acids is 2. The molecular weight excluding hydrogens is 579 g/mol. The van der Waals surface area contributed by atoms with E-state index in [-0.39, 0.29) is 23.5 Å². The lowest BCUT2D eigenvalue weighted by Crippen LogP contribution is -2.40. The predicted octanol–water partition coefficient (Wildman–Crippen LogP) is 6.59. The largest absolute Gasteiger partial charge is 0.490 e. The van der Waals surface area contributed by atoms with Crippen molar-refractivity contribution in [3.05, 3.63) is 105 Å². The average molecular weight is 606 g/mol. The van der Waals surface area contributed by atoms with Crippen LogP contribution in [0.4, 0.5) is 35.9 Å². The molecule has 10 nitrogen and oxygen atoms in total. The minimum absolute atomic E-state index is 0.0962. The number of nitro benzene ring substituents is 1. The van der Waals surface area contributed by atoms with Gasteiger partial charge in [-0.2, -0.15) is 13.2 Å². The second kappa shape index (κ2) is 11.3. The lowest BCUT2D eigenvalue weighted by molar-refractivity contribution is -0.385. The number of halogens is 3. The monoisotopic (exact) mass is 605 g/mol. The van der Waals surface area contributed by atoms with E-state index in [2.05, 4.69) is 20.9 Å². The third-order valence-electron chi connectivity index (χ3n) is 7.40. The van der Waals surface area contributed by atoms with Gasteiger partial charge in [-0.15, -0.1) is 0 Å². The van der Waals surface area contributed by atoms with Crippen LogP contribution in [-0.2, 0) is 22.9 Å². The number of nitro groups is 1. The second-order valence-corrected chi connectivity index (χ2v) is 10.6. The number of nitrogens with zero attached hydrogens (tertiary/aromatic N) is 2. The van der Waals surface area contributed by atoms with Crippen molar-refractivity contribution < 1.29 is 32.4 Å². The summed E-state index contributed by atoms with van der Waals surface area (Å²) in [4.78, 5) is 40.5. The van der Waals surface area contributed by atoms with Crippen LogP contribution in [0.2, 0.25) is 0 Å². The summed E-state index contributed by atoms with van der Waals surface area (Å²) >= 11 is 0. The Labute approximate surface area is 249 Å². The van der Waals surface area contributed by atoms with E-state index in [0.29, 0.717) is 39.3 Å². The number of fused-ring (bicyclic) bond motifs is 2. The molecule has 0 aliphatic carbocycles. The van der Waals surface area contributed by atoms with Gasteiger partial charge in [0.15, 0.2) is 5.75 Å². The Morgan fingerprint density at radius 3 is 2.41 bits per heavy atom. The van der Waals surface area contributed by atoms with Gasteiger partial charge >= 0.3 is 11.9 Å². The summed E-state index contributed by atoms with van der Waals surface area (Å²) in [6.07, 6.45) is -3.62. The molecule has 226 valence electrons. The number of amides is 2. The average Bonchev–Trinajstić information content (AvgIpc) is 3.13.